The van der Waals surface area contributed by atoms with Gasteiger partial charge in [-0.2, -0.15) is 0 Å². The monoisotopic (exact) mass is 294 g/mol. The molecule has 3 rings (SSSR count). The summed E-state index contributed by atoms with van der Waals surface area (Å²) in [7, 11) is -3.09. The second-order valence-corrected chi connectivity index (χ2v) is 7.92. The highest BCUT2D eigenvalue weighted by molar-refractivity contribution is 7.90. The molecule has 0 aliphatic carbocycles. The highest BCUT2D eigenvalue weighted by Gasteiger charge is 2.45. The van der Waals surface area contributed by atoms with Crippen LogP contribution in [0.3, 0.4) is 0 Å². The van der Waals surface area contributed by atoms with Crippen LogP contribution in [0.25, 0.3) is 0 Å². The third kappa shape index (κ3) is 2.75. The first kappa shape index (κ1) is 14.0. The summed E-state index contributed by atoms with van der Waals surface area (Å²) in [5, 5.41) is 3.14. The molecule has 110 valence electrons. The lowest BCUT2D eigenvalue weighted by atomic mass is 10.0. The molecule has 0 radical (unpaired) electrons. The molecule has 2 saturated heterocycles. The molecule has 1 aromatic carbocycles. The molecule has 0 aromatic heterocycles. The molecule has 1 aromatic rings. The summed E-state index contributed by atoms with van der Waals surface area (Å²) in [6, 6.07) is 10.1. The number of benzene rings is 1. The fourth-order valence-electron chi connectivity index (χ4n) is 3.35. The summed E-state index contributed by atoms with van der Waals surface area (Å²) >= 11 is 0. The van der Waals surface area contributed by atoms with E-state index in [0.717, 1.165) is 32.4 Å². The first-order valence-electron chi connectivity index (χ1n) is 7.41. The molecule has 2 atom stereocenters. The predicted octanol–water partition coefficient (Wildman–Crippen LogP) is 1.24. The topological polar surface area (TPSA) is 49.4 Å². The third-order valence-electron chi connectivity index (χ3n) is 4.50. The van der Waals surface area contributed by atoms with Crippen molar-refractivity contribution in [3.8, 4) is 0 Å². The molecule has 20 heavy (non-hydrogen) atoms. The fourth-order valence-corrected chi connectivity index (χ4v) is 5.61. The Balaban J connectivity index is 1.68. The van der Waals surface area contributed by atoms with Gasteiger partial charge in [-0.25, -0.2) is 12.7 Å². The molecule has 1 N–H and O–H groups in total. The van der Waals surface area contributed by atoms with Gasteiger partial charge in [0.1, 0.15) is 0 Å². The predicted molar refractivity (Wildman–Crippen MR) is 80.0 cm³/mol. The molecule has 0 spiro atoms. The number of nitrogens with one attached hydrogen (secondary N) is 1. The van der Waals surface area contributed by atoms with E-state index in [-0.39, 0.29) is 5.25 Å². The maximum absolute atomic E-state index is 12.6. The normalized spacial score (nSPS) is 29.8. The van der Waals surface area contributed by atoms with Crippen LogP contribution >= 0.6 is 0 Å². The number of hydrogen-bond acceptors (Lipinski definition) is 3. The van der Waals surface area contributed by atoms with Crippen LogP contribution < -0.4 is 5.32 Å². The van der Waals surface area contributed by atoms with Crippen LogP contribution in [0.2, 0.25) is 0 Å². The lowest BCUT2D eigenvalue weighted by Gasteiger charge is -2.16. The lowest BCUT2D eigenvalue weighted by molar-refractivity contribution is 0.387. The van der Waals surface area contributed by atoms with E-state index in [1.54, 1.807) is 4.31 Å². The van der Waals surface area contributed by atoms with Crippen LogP contribution in [0.5, 0.6) is 0 Å². The molecule has 2 fully saturated rings. The quantitative estimate of drug-likeness (QED) is 0.912. The Bertz CT molecular complexity index is 544. The van der Waals surface area contributed by atoms with Crippen LogP contribution in [0.15, 0.2) is 30.3 Å². The van der Waals surface area contributed by atoms with Crippen LogP contribution in [0.4, 0.5) is 0 Å². The number of fused-ring (bicyclic) bond motifs is 1. The van der Waals surface area contributed by atoms with E-state index in [0.29, 0.717) is 19.0 Å². The second-order valence-electron chi connectivity index (χ2n) is 5.76. The van der Waals surface area contributed by atoms with E-state index in [1.165, 1.54) is 5.56 Å². The van der Waals surface area contributed by atoms with Gasteiger partial charge in [0.25, 0.3) is 0 Å². The largest absolute Gasteiger partial charge is 0.317 e. The summed E-state index contributed by atoms with van der Waals surface area (Å²) in [6.07, 6.45) is 2.54. The van der Waals surface area contributed by atoms with Gasteiger partial charge >= 0.3 is 0 Å². The van der Waals surface area contributed by atoms with Gasteiger partial charge in [-0.15, -0.1) is 0 Å². The van der Waals surface area contributed by atoms with Crippen molar-refractivity contribution in [3.05, 3.63) is 35.9 Å². The minimum atomic E-state index is -3.09. The van der Waals surface area contributed by atoms with Gasteiger partial charge in [0, 0.05) is 13.1 Å². The van der Waals surface area contributed by atoms with Crippen molar-refractivity contribution >= 4 is 10.0 Å². The molecule has 2 aliphatic rings. The molecule has 0 amide bonds. The standard InChI is InChI=1S/C15H22N2O2S/c18-20(19)15-7-10-16-9-6-14(15)12-17(20)11-8-13-4-2-1-3-5-13/h1-5,14-16H,6-12H2/t14-,15-/m1/s1. The Labute approximate surface area is 121 Å². The molecule has 5 heteroatoms. The van der Waals surface area contributed by atoms with Crippen molar-refractivity contribution in [1.82, 2.24) is 9.62 Å². The average molecular weight is 294 g/mol. The minimum Gasteiger partial charge on any atom is -0.317 e. The Morgan fingerprint density at radius 1 is 1.15 bits per heavy atom. The van der Waals surface area contributed by atoms with E-state index in [1.807, 2.05) is 18.2 Å². The maximum Gasteiger partial charge on any atom is 0.217 e. The molecule has 0 bridgehead atoms. The summed E-state index contributed by atoms with van der Waals surface area (Å²) in [5.74, 6) is 0.311. The summed E-state index contributed by atoms with van der Waals surface area (Å²) in [5.41, 5.74) is 1.21. The van der Waals surface area contributed by atoms with E-state index in [4.69, 9.17) is 0 Å². The molecule has 4 nitrogen and oxygen atoms in total. The van der Waals surface area contributed by atoms with Crippen molar-refractivity contribution in [3.63, 3.8) is 0 Å². The summed E-state index contributed by atoms with van der Waals surface area (Å²) in [6.45, 7) is 3.10. The highest BCUT2D eigenvalue weighted by Crippen LogP contribution is 2.32. The first-order valence-corrected chi connectivity index (χ1v) is 8.92. The van der Waals surface area contributed by atoms with Gasteiger partial charge in [0.2, 0.25) is 10.0 Å². The SMILES string of the molecule is O=S1(=O)[C@@H]2CCNCC[C@@H]2CN1CCc1ccccc1. The number of sulfonamides is 1. The number of rotatable bonds is 3. The third-order valence-corrected chi connectivity index (χ3v) is 6.93. The van der Waals surface area contributed by atoms with E-state index >= 15 is 0 Å². The molecule has 2 heterocycles. The lowest BCUT2D eigenvalue weighted by Crippen LogP contribution is -2.32. The second kappa shape index (κ2) is 5.84. The Morgan fingerprint density at radius 3 is 2.70 bits per heavy atom. The van der Waals surface area contributed by atoms with E-state index < -0.39 is 10.0 Å². The van der Waals surface area contributed by atoms with Gasteiger partial charge in [0.15, 0.2) is 0 Å². The van der Waals surface area contributed by atoms with Crippen molar-refractivity contribution in [2.75, 3.05) is 26.2 Å². The maximum atomic E-state index is 12.6. The zero-order valence-electron chi connectivity index (χ0n) is 11.7. The van der Waals surface area contributed by atoms with Crippen molar-refractivity contribution < 1.29 is 8.42 Å². The Hall–Kier alpha value is -0.910. The first-order chi connectivity index (χ1) is 9.68. The summed E-state index contributed by atoms with van der Waals surface area (Å²) in [4.78, 5) is 0. The Kier molecular flexibility index (Phi) is 4.10. The van der Waals surface area contributed by atoms with Gasteiger partial charge in [0.05, 0.1) is 5.25 Å². The van der Waals surface area contributed by atoms with Gasteiger partial charge in [-0.1, -0.05) is 30.3 Å². The van der Waals surface area contributed by atoms with E-state index in [9.17, 15) is 8.42 Å². The van der Waals surface area contributed by atoms with Crippen molar-refractivity contribution in [2.45, 2.75) is 24.5 Å². The van der Waals surface area contributed by atoms with Crippen LogP contribution in [-0.2, 0) is 16.4 Å². The smallest absolute Gasteiger partial charge is 0.217 e. The minimum absolute atomic E-state index is 0.159. The van der Waals surface area contributed by atoms with Crippen LogP contribution in [0.1, 0.15) is 18.4 Å². The van der Waals surface area contributed by atoms with Gasteiger partial charge < -0.3 is 5.32 Å². The average Bonchev–Trinajstić information content (AvgIpc) is 2.62. The van der Waals surface area contributed by atoms with Crippen LogP contribution in [0, 0.1) is 5.92 Å². The van der Waals surface area contributed by atoms with Crippen molar-refractivity contribution in [2.24, 2.45) is 5.92 Å². The molecule has 0 unspecified atom stereocenters. The Morgan fingerprint density at radius 2 is 1.90 bits per heavy atom. The van der Waals surface area contributed by atoms with Crippen molar-refractivity contribution in [1.29, 1.82) is 0 Å². The highest BCUT2D eigenvalue weighted by atomic mass is 32.2. The molecule has 0 saturated carbocycles. The number of nitrogens with zero attached hydrogens (tertiary/aromatic N) is 1. The fraction of sp³-hybridized carbons (Fsp3) is 0.600. The zero-order valence-corrected chi connectivity index (χ0v) is 12.5. The molecular formula is C15H22N2O2S. The van der Waals surface area contributed by atoms with Gasteiger partial charge in [-0.05, 0) is 43.8 Å². The molecular weight excluding hydrogens is 272 g/mol. The summed E-state index contributed by atoms with van der Waals surface area (Å²) < 4.78 is 26.9. The molecule has 2 aliphatic heterocycles. The van der Waals surface area contributed by atoms with Gasteiger partial charge in [-0.3, -0.25) is 0 Å². The number of hydrogen-bond donors (Lipinski definition) is 1. The van der Waals surface area contributed by atoms with E-state index in [2.05, 4.69) is 17.4 Å². The zero-order chi connectivity index (χ0) is 14.0. The van der Waals surface area contributed by atoms with Crippen LogP contribution in [-0.4, -0.2) is 44.2 Å².